The van der Waals surface area contributed by atoms with Crippen molar-refractivity contribution in [2.75, 3.05) is 18.5 Å². The van der Waals surface area contributed by atoms with Gasteiger partial charge in [0.25, 0.3) is 0 Å². The fourth-order valence-electron chi connectivity index (χ4n) is 1.65. The van der Waals surface area contributed by atoms with Crippen molar-refractivity contribution in [2.45, 2.75) is 18.4 Å². The Morgan fingerprint density at radius 1 is 1.39 bits per heavy atom. The summed E-state index contributed by atoms with van der Waals surface area (Å²) in [5, 5.41) is 2.77. The highest BCUT2D eigenvalue weighted by Gasteiger charge is 2.35. The Hall–Kier alpha value is -0.880. The quantitative estimate of drug-likeness (QED) is 0.863. The first-order chi connectivity index (χ1) is 7.71. The number of pyridine rings is 1. The minimum Gasteiger partial charge on any atom is -0.381 e. The van der Waals surface area contributed by atoms with Gasteiger partial charge in [0, 0.05) is 19.4 Å². The second kappa shape index (κ2) is 7.53. The van der Waals surface area contributed by atoms with Gasteiger partial charge in [-0.1, -0.05) is 0 Å². The number of anilines is 1. The molecule has 2 heterocycles. The molecule has 7 heteroatoms. The number of nitrogens with two attached hydrogens (primary N) is 1. The van der Waals surface area contributed by atoms with Gasteiger partial charge in [0.1, 0.15) is 5.54 Å². The number of amides is 1. The molecule has 1 aromatic heterocycles. The van der Waals surface area contributed by atoms with Crippen molar-refractivity contribution in [1.29, 1.82) is 0 Å². The second-order valence-corrected chi connectivity index (χ2v) is 3.96. The lowest BCUT2D eigenvalue weighted by Gasteiger charge is -2.31. The van der Waals surface area contributed by atoms with E-state index in [0.29, 0.717) is 31.7 Å². The van der Waals surface area contributed by atoms with Crippen molar-refractivity contribution in [3.05, 3.63) is 24.5 Å². The van der Waals surface area contributed by atoms with Gasteiger partial charge in [-0.15, -0.1) is 24.8 Å². The number of nitrogens with zero attached hydrogens (tertiary/aromatic N) is 1. The van der Waals surface area contributed by atoms with Gasteiger partial charge in [0.2, 0.25) is 5.91 Å². The number of ether oxygens (including phenoxy) is 1. The predicted molar refractivity (Wildman–Crippen MR) is 74.3 cm³/mol. The van der Waals surface area contributed by atoms with Gasteiger partial charge < -0.3 is 15.8 Å². The molecule has 1 saturated heterocycles. The summed E-state index contributed by atoms with van der Waals surface area (Å²) in [7, 11) is 0. The summed E-state index contributed by atoms with van der Waals surface area (Å²) in [6.07, 6.45) is 4.36. The highest BCUT2D eigenvalue weighted by molar-refractivity contribution is 5.97. The monoisotopic (exact) mass is 293 g/mol. The maximum absolute atomic E-state index is 12.0. The van der Waals surface area contributed by atoms with Gasteiger partial charge in [-0.05, 0) is 25.0 Å². The Balaban J connectivity index is 0.00000144. The molecule has 0 bridgehead atoms. The molecule has 5 nitrogen and oxygen atoms in total. The van der Waals surface area contributed by atoms with Crippen molar-refractivity contribution in [3.8, 4) is 0 Å². The van der Waals surface area contributed by atoms with E-state index in [1.807, 2.05) is 0 Å². The second-order valence-electron chi connectivity index (χ2n) is 3.96. The van der Waals surface area contributed by atoms with Crippen molar-refractivity contribution in [1.82, 2.24) is 4.98 Å². The average molecular weight is 294 g/mol. The van der Waals surface area contributed by atoms with E-state index in [2.05, 4.69) is 10.3 Å². The van der Waals surface area contributed by atoms with Crippen LogP contribution in [-0.2, 0) is 9.53 Å². The van der Waals surface area contributed by atoms with Crippen LogP contribution in [0.4, 0.5) is 5.69 Å². The lowest BCUT2D eigenvalue weighted by Crippen LogP contribution is -2.54. The van der Waals surface area contributed by atoms with E-state index in [4.69, 9.17) is 10.5 Å². The largest absolute Gasteiger partial charge is 0.381 e. The normalized spacial score (nSPS) is 16.9. The van der Waals surface area contributed by atoms with Gasteiger partial charge in [-0.2, -0.15) is 0 Å². The van der Waals surface area contributed by atoms with E-state index in [1.54, 1.807) is 24.5 Å². The Labute approximate surface area is 118 Å². The number of halogens is 2. The third kappa shape index (κ3) is 4.10. The van der Waals surface area contributed by atoms with Crippen LogP contribution in [0.15, 0.2) is 24.5 Å². The molecule has 18 heavy (non-hydrogen) atoms. The van der Waals surface area contributed by atoms with E-state index < -0.39 is 5.54 Å². The third-order valence-corrected chi connectivity index (χ3v) is 2.76. The molecule has 1 amide bonds. The summed E-state index contributed by atoms with van der Waals surface area (Å²) in [6.45, 7) is 1.08. The van der Waals surface area contributed by atoms with Gasteiger partial charge in [0.05, 0.1) is 11.9 Å². The molecule has 0 aromatic carbocycles. The first kappa shape index (κ1) is 17.1. The molecule has 3 N–H and O–H groups in total. The van der Waals surface area contributed by atoms with Gasteiger partial charge in [0.15, 0.2) is 0 Å². The van der Waals surface area contributed by atoms with E-state index in [1.165, 1.54) is 0 Å². The van der Waals surface area contributed by atoms with Gasteiger partial charge >= 0.3 is 0 Å². The standard InChI is InChI=1S/C11H15N3O2.2ClH/c12-11(3-6-16-7-4-11)10(15)14-9-2-1-5-13-8-9;;/h1-2,5,8H,3-4,6-7,12H2,(H,14,15);2*1H. The Morgan fingerprint density at radius 3 is 2.61 bits per heavy atom. The molecule has 1 aliphatic heterocycles. The smallest absolute Gasteiger partial charge is 0.244 e. The fraction of sp³-hybridized carbons (Fsp3) is 0.455. The molecule has 0 radical (unpaired) electrons. The summed E-state index contributed by atoms with van der Waals surface area (Å²) in [6, 6.07) is 3.55. The van der Waals surface area contributed by atoms with Crippen molar-refractivity contribution < 1.29 is 9.53 Å². The highest BCUT2D eigenvalue weighted by Crippen LogP contribution is 2.19. The number of carbonyl (C=O) groups is 1. The molecule has 102 valence electrons. The summed E-state index contributed by atoms with van der Waals surface area (Å²) in [5.74, 6) is -0.163. The highest BCUT2D eigenvalue weighted by atomic mass is 35.5. The van der Waals surface area contributed by atoms with Crippen LogP contribution >= 0.6 is 24.8 Å². The Kier molecular flexibility index (Phi) is 7.16. The van der Waals surface area contributed by atoms with Crippen LogP contribution in [-0.4, -0.2) is 29.6 Å². The van der Waals surface area contributed by atoms with Crippen LogP contribution in [0.1, 0.15) is 12.8 Å². The molecule has 1 aromatic rings. The first-order valence-electron chi connectivity index (χ1n) is 5.29. The van der Waals surface area contributed by atoms with Crippen LogP contribution in [0.2, 0.25) is 0 Å². The van der Waals surface area contributed by atoms with E-state index >= 15 is 0 Å². The summed E-state index contributed by atoms with van der Waals surface area (Å²) >= 11 is 0. The Bertz CT molecular complexity index is 370. The van der Waals surface area contributed by atoms with Crippen LogP contribution in [0.3, 0.4) is 0 Å². The van der Waals surface area contributed by atoms with Gasteiger partial charge in [-0.25, -0.2) is 0 Å². The Morgan fingerprint density at radius 2 is 2.06 bits per heavy atom. The topological polar surface area (TPSA) is 77.2 Å². The summed E-state index contributed by atoms with van der Waals surface area (Å²) in [5.41, 5.74) is 5.90. The fourth-order valence-corrected chi connectivity index (χ4v) is 1.65. The number of carbonyl (C=O) groups excluding carboxylic acids is 1. The molecule has 0 atom stereocenters. The van der Waals surface area contributed by atoms with Crippen molar-refractivity contribution in [3.63, 3.8) is 0 Å². The number of hydrogen-bond donors (Lipinski definition) is 2. The number of hydrogen-bond acceptors (Lipinski definition) is 4. The SMILES string of the molecule is Cl.Cl.NC1(C(=O)Nc2cccnc2)CCOCC1. The van der Waals surface area contributed by atoms with E-state index in [-0.39, 0.29) is 30.7 Å². The molecular formula is C11H17Cl2N3O2. The molecule has 1 aliphatic rings. The van der Waals surface area contributed by atoms with Crippen molar-refractivity contribution >= 4 is 36.4 Å². The number of aromatic nitrogens is 1. The predicted octanol–water partition coefficient (Wildman–Crippen LogP) is 1.37. The summed E-state index contributed by atoms with van der Waals surface area (Å²) < 4.78 is 5.19. The number of nitrogens with one attached hydrogen (secondary N) is 1. The van der Waals surface area contributed by atoms with Crippen LogP contribution in [0, 0.1) is 0 Å². The maximum atomic E-state index is 12.0. The zero-order chi connectivity index (χ0) is 11.4. The molecule has 2 rings (SSSR count). The van der Waals surface area contributed by atoms with Crippen molar-refractivity contribution in [2.24, 2.45) is 5.73 Å². The molecule has 0 aliphatic carbocycles. The molecule has 0 unspecified atom stereocenters. The molecule has 0 spiro atoms. The number of rotatable bonds is 2. The maximum Gasteiger partial charge on any atom is 0.244 e. The van der Waals surface area contributed by atoms with E-state index in [9.17, 15) is 4.79 Å². The lowest BCUT2D eigenvalue weighted by molar-refractivity contribution is -0.124. The minimum atomic E-state index is -0.811. The lowest BCUT2D eigenvalue weighted by atomic mass is 9.90. The van der Waals surface area contributed by atoms with Crippen LogP contribution in [0.25, 0.3) is 0 Å². The third-order valence-electron chi connectivity index (χ3n) is 2.76. The minimum absolute atomic E-state index is 0. The molecule has 0 saturated carbocycles. The van der Waals surface area contributed by atoms with Crippen LogP contribution in [0.5, 0.6) is 0 Å². The molecule has 1 fully saturated rings. The zero-order valence-corrected chi connectivity index (χ0v) is 11.4. The molecular weight excluding hydrogens is 277 g/mol. The van der Waals surface area contributed by atoms with E-state index in [0.717, 1.165) is 0 Å². The van der Waals surface area contributed by atoms with Crippen LogP contribution < -0.4 is 11.1 Å². The average Bonchev–Trinajstić information content (AvgIpc) is 2.31. The van der Waals surface area contributed by atoms with Gasteiger partial charge in [-0.3, -0.25) is 9.78 Å². The summed E-state index contributed by atoms with van der Waals surface area (Å²) in [4.78, 5) is 15.9. The first-order valence-corrected chi connectivity index (χ1v) is 5.29. The zero-order valence-electron chi connectivity index (χ0n) is 9.80.